The second kappa shape index (κ2) is 4.15. The van der Waals surface area contributed by atoms with Crippen LogP contribution in [0.25, 0.3) is 0 Å². The molecule has 4 nitrogen and oxygen atoms in total. The van der Waals surface area contributed by atoms with Crippen LogP contribution in [0.2, 0.25) is 0 Å². The molecule has 0 aliphatic rings. The quantitative estimate of drug-likeness (QED) is 0.798. The normalized spacial score (nSPS) is 11.9. The Morgan fingerprint density at radius 1 is 1.35 bits per heavy atom. The van der Waals surface area contributed by atoms with E-state index in [1.165, 1.54) is 0 Å². The Balaban J connectivity index is 3.55. The number of aromatic carboxylic acids is 1. The number of aromatic nitrogens is 1. The summed E-state index contributed by atoms with van der Waals surface area (Å²) in [5, 5.41) is 17.4. The second-order valence-electron chi connectivity index (χ2n) is 2.90. The molecular weight excluding hydrogens is 253 g/mol. The summed E-state index contributed by atoms with van der Waals surface area (Å²) in [5.74, 6) is -3.72. The molecule has 0 atom stereocenters. The van der Waals surface area contributed by atoms with Crippen molar-refractivity contribution in [1.82, 2.24) is 4.98 Å². The van der Waals surface area contributed by atoms with Crippen molar-refractivity contribution in [2.24, 2.45) is 0 Å². The summed E-state index contributed by atoms with van der Waals surface area (Å²) in [7, 11) is 0. The van der Waals surface area contributed by atoms with Crippen LogP contribution in [0.15, 0.2) is 6.07 Å². The van der Waals surface area contributed by atoms with Crippen LogP contribution in [0.1, 0.15) is 28.2 Å². The lowest BCUT2D eigenvalue weighted by atomic mass is 10.1. The molecule has 0 radical (unpaired) electrons. The molecule has 1 aromatic rings. The summed E-state index contributed by atoms with van der Waals surface area (Å²) in [4.78, 5) is 13.2. The molecule has 0 spiro atoms. The highest BCUT2D eigenvalue weighted by molar-refractivity contribution is 5.89. The van der Waals surface area contributed by atoms with Gasteiger partial charge >= 0.3 is 12.1 Å². The van der Waals surface area contributed by atoms with Crippen molar-refractivity contribution in [2.45, 2.75) is 12.6 Å². The number of halogens is 5. The highest BCUT2D eigenvalue weighted by Gasteiger charge is 2.37. The van der Waals surface area contributed by atoms with E-state index in [0.29, 0.717) is 0 Å². The van der Waals surface area contributed by atoms with Crippen LogP contribution in [0.4, 0.5) is 22.0 Å². The lowest BCUT2D eigenvalue weighted by Crippen LogP contribution is -2.12. The zero-order valence-corrected chi connectivity index (χ0v) is 7.79. The van der Waals surface area contributed by atoms with Crippen molar-refractivity contribution in [3.63, 3.8) is 0 Å². The average Bonchev–Trinajstić information content (AvgIpc) is 2.15. The number of hydrogen-bond acceptors (Lipinski definition) is 3. The Kier molecular flexibility index (Phi) is 3.21. The summed E-state index contributed by atoms with van der Waals surface area (Å²) in [5.41, 5.74) is -4.69. The molecule has 17 heavy (non-hydrogen) atoms. The summed E-state index contributed by atoms with van der Waals surface area (Å²) in [6, 6.07) is -0.0908. The number of aromatic hydroxyl groups is 1. The summed E-state index contributed by atoms with van der Waals surface area (Å²) in [6.45, 7) is 0. The number of nitrogens with zero attached hydrogens (tertiary/aromatic N) is 1. The Labute approximate surface area is 90.3 Å². The van der Waals surface area contributed by atoms with Gasteiger partial charge in [0.2, 0.25) is 0 Å². The van der Waals surface area contributed by atoms with Gasteiger partial charge < -0.3 is 10.2 Å². The maximum atomic E-state index is 12.3. The molecule has 0 aromatic carbocycles. The van der Waals surface area contributed by atoms with Crippen LogP contribution in [0, 0.1) is 0 Å². The van der Waals surface area contributed by atoms with E-state index in [2.05, 4.69) is 4.98 Å². The predicted molar refractivity (Wildman–Crippen MR) is 42.8 cm³/mol. The van der Waals surface area contributed by atoms with E-state index in [9.17, 15) is 26.7 Å². The Morgan fingerprint density at radius 3 is 2.24 bits per heavy atom. The van der Waals surface area contributed by atoms with Gasteiger partial charge in [-0.15, -0.1) is 0 Å². The Morgan fingerprint density at radius 2 is 1.88 bits per heavy atom. The monoisotopic (exact) mass is 257 g/mol. The van der Waals surface area contributed by atoms with Gasteiger partial charge in [-0.1, -0.05) is 0 Å². The van der Waals surface area contributed by atoms with Crippen LogP contribution in [0.5, 0.6) is 5.75 Å². The molecule has 0 fully saturated rings. The summed E-state index contributed by atoms with van der Waals surface area (Å²) in [6.07, 6.45) is -8.53. The maximum absolute atomic E-state index is 12.3. The van der Waals surface area contributed by atoms with Crippen molar-refractivity contribution in [3.8, 4) is 5.75 Å². The Hall–Kier alpha value is -1.93. The molecule has 0 saturated carbocycles. The zero-order valence-electron chi connectivity index (χ0n) is 7.79. The summed E-state index contributed by atoms with van der Waals surface area (Å²) >= 11 is 0. The molecule has 0 aliphatic heterocycles. The molecule has 0 saturated heterocycles. The van der Waals surface area contributed by atoms with Gasteiger partial charge in [0, 0.05) is 0 Å². The van der Waals surface area contributed by atoms with Gasteiger partial charge in [-0.25, -0.2) is 18.6 Å². The minimum Gasteiger partial charge on any atom is -0.505 e. The lowest BCUT2D eigenvalue weighted by molar-refractivity contribution is -0.139. The van der Waals surface area contributed by atoms with Crippen molar-refractivity contribution < 1.29 is 37.0 Å². The first-order chi connectivity index (χ1) is 7.64. The number of alkyl halides is 5. The minimum atomic E-state index is -5.15. The number of carbonyl (C=O) groups is 1. The molecule has 9 heteroatoms. The fraction of sp³-hybridized carbons (Fsp3) is 0.250. The maximum Gasteiger partial charge on any atom is 0.420 e. The van der Waals surface area contributed by atoms with Gasteiger partial charge in [0.1, 0.15) is 11.3 Å². The summed E-state index contributed by atoms with van der Waals surface area (Å²) < 4.78 is 61.3. The van der Waals surface area contributed by atoms with Crippen LogP contribution < -0.4 is 0 Å². The first-order valence-corrected chi connectivity index (χ1v) is 3.97. The van der Waals surface area contributed by atoms with Crippen molar-refractivity contribution in [1.29, 1.82) is 0 Å². The van der Waals surface area contributed by atoms with Crippen LogP contribution >= 0.6 is 0 Å². The van der Waals surface area contributed by atoms with Gasteiger partial charge in [-0.2, -0.15) is 13.2 Å². The molecule has 0 aliphatic carbocycles. The topological polar surface area (TPSA) is 70.4 Å². The standard InChI is InChI=1S/C8H4F5NO3/c9-6(10)3-1-2(8(11,12)13)5(15)4(14-3)7(16)17/h1,6,15H,(H,16,17). The zero-order chi connectivity index (χ0) is 13.4. The highest BCUT2D eigenvalue weighted by Crippen LogP contribution is 2.38. The van der Waals surface area contributed by atoms with E-state index in [0.717, 1.165) is 0 Å². The Bertz CT molecular complexity index is 457. The average molecular weight is 257 g/mol. The van der Waals surface area contributed by atoms with Crippen molar-refractivity contribution >= 4 is 5.97 Å². The highest BCUT2D eigenvalue weighted by atomic mass is 19.4. The number of hydrogen-bond donors (Lipinski definition) is 2. The van der Waals surface area contributed by atoms with E-state index in [-0.39, 0.29) is 6.07 Å². The molecule has 1 rings (SSSR count). The van der Waals surface area contributed by atoms with Gasteiger partial charge in [-0.3, -0.25) is 0 Å². The van der Waals surface area contributed by atoms with Crippen LogP contribution in [-0.2, 0) is 6.18 Å². The van der Waals surface area contributed by atoms with Gasteiger partial charge in [0.05, 0.1) is 0 Å². The molecule has 0 bridgehead atoms. The van der Waals surface area contributed by atoms with Gasteiger partial charge in [0.25, 0.3) is 6.43 Å². The predicted octanol–water partition coefficient (Wildman–Crippen LogP) is 2.44. The SMILES string of the molecule is O=C(O)c1nc(C(F)F)cc(C(F)(F)F)c1O. The van der Waals surface area contributed by atoms with E-state index in [1.807, 2.05) is 0 Å². The fourth-order valence-corrected chi connectivity index (χ4v) is 1.04. The van der Waals surface area contributed by atoms with Crippen molar-refractivity contribution in [2.75, 3.05) is 0 Å². The third kappa shape index (κ3) is 2.60. The lowest BCUT2D eigenvalue weighted by Gasteiger charge is -2.12. The van der Waals surface area contributed by atoms with Crippen LogP contribution in [0.3, 0.4) is 0 Å². The molecule has 0 amide bonds. The number of rotatable bonds is 2. The van der Waals surface area contributed by atoms with Gasteiger partial charge in [-0.05, 0) is 6.07 Å². The number of carboxylic acid groups (broad SMARTS) is 1. The van der Waals surface area contributed by atoms with E-state index in [1.54, 1.807) is 0 Å². The first kappa shape index (κ1) is 13.1. The van der Waals surface area contributed by atoms with Crippen molar-refractivity contribution in [3.05, 3.63) is 23.0 Å². The third-order valence-corrected chi connectivity index (χ3v) is 1.74. The smallest absolute Gasteiger partial charge is 0.420 e. The first-order valence-electron chi connectivity index (χ1n) is 3.97. The number of carboxylic acids is 1. The fourth-order valence-electron chi connectivity index (χ4n) is 1.04. The van der Waals surface area contributed by atoms with E-state index >= 15 is 0 Å². The third-order valence-electron chi connectivity index (χ3n) is 1.74. The largest absolute Gasteiger partial charge is 0.505 e. The molecule has 1 heterocycles. The van der Waals surface area contributed by atoms with E-state index in [4.69, 9.17) is 10.2 Å². The van der Waals surface area contributed by atoms with E-state index < -0.39 is 41.3 Å². The molecule has 0 unspecified atom stereocenters. The molecule has 94 valence electrons. The molecular formula is C8H4F5NO3. The number of pyridine rings is 1. The van der Waals surface area contributed by atoms with Gasteiger partial charge in [0.15, 0.2) is 11.4 Å². The molecule has 2 N–H and O–H groups in total. The molecule has 1 aromatic heterocycles. The van der Waals surface area contributed by atoms with Crippen LogP contribution in [-0.4, -0.2) is 21.2 Å². The second-order valence-corrected chi connectivity index (χ2v) is 2.90. The minimum absolute atomic E-state index is 0.0908.